The fourth-order valence-corrected chi connectivity index (χ4v) is 0.232. The lowest BCUT2D eigenvalue weighted by Crippen LogP contribution is -2.07. The summed E-state index contributed by atoms with van der Waals surface area (Å²) in [4.78, 5) is 0. The van der Waals surface area contributed by atoms with E-state index in [-0.39, 0.29) is 6.61 Å². The number of rotatable bonds is 3. The molecule has 0 rings (SSSR count). The Morgan fingerprint density at radius 3 is 2.71 bits per heavy atom. The number of hydrogen-bond acceptors (Lipinski definition) is 1. The van der Waals surface area contributed by atoms with Crippen LogP contribution in [0.3, 0.4) is 0 Å². The van der Waals surface area contributed by atoms with Crippen molar-refractivity contribution in [1.29, 1.82) is 0 Å². The smallest absolute Gasteiger partial charge is 0.134 e. The van der Waals surface area contributed by atoms with E-state index in [1.807, 2.05) is 0 Å². The summed E-state index contributed by atoms with van der Waals surface area (Å²) in [5.74, 6) is 0. The minimum Gasteiger partial charge on any atom is -0.382 e. The molecule has 0 heterocycles. The van der Waals surface area contributed by atoms with Crippen LogP contribution < -0.4 is 0 Å². The molecule has 0 N–H and O–H groups in total. The second kappa shape index (κ2) is 3.84. The molecule has 2 nitrogen and oxygen atoms in total. The van der Waals surface area contributed by atoms with Crippen LogP contribution in [0.5, 0.6) is 0 Å². The molecule has 41 valence electrons. The summed E-state index contributed by atoms with van der Waals surface area (Å²) in [5, 5.41) is 10.3. The van der Waals surface area contributed by atoms with Gasteiger partial charge in [0, 0.05) is 7.11 Å². The van der Waals surface area contributed by atoms with E-state index in [0.29, 0.717) is 0 Å². The lowest BCUT2D eigenvalue weighted by Gasteiger charge is -1.96. The van der Waals surface area contributed by atoms with Gasteiger partial charge >= 0.3 is 0 Å². The number of methoxy groups -OCH3 is 1. The topological polar surface area (TPSA) is 29.1 Å². The van der Waals surface area contributed by atoms with E-state index < -0.39 is 6.10 Å². The van der Waals surface area contributed by atoms with Gasteiger partial charge in [0.15, 0.2) is 0 Å². The van der Waals surface area contributed by atoms with Crippen molar-refractivity contribution in [2.45, 2.75) is 6.10 Å². The quantitative estimate of drug-likeness (QED) is 0.479. The number of hydrogen-bond donors (Lipinski definition) is 0. The molecule has 0 aromatic rings. The van der Waals surface area contributed by atoms with Gasteiger partial charge in [0.1, 0.15) is 6.10 Å². The van der Waals surface area contributed by atoms with Crippen molar-refractivity contribution in [3.63, 3.8) is 0 Å². The van der Waals surface area contributed by atoms with Gasteiger partial charge in [-0.2, -0.15) is 0 Å². The number of ether oxygens (including phenoxy) is 1. The summed E-state index contributed by atoms with van der Waals surface area (Å²) in [5.41, 5.74) is 0. The van der Waals surface area contributed by atoms with Gasteiger partial charge < -0.3 is 4.74 Å². The van der Waals surface area contributed by atoms with Crippen LogP contribution in [0.4, 0.5) is 0 Å². The third-order valence-electron chi connectivity index (χ3n) is 0.594. The van der Waals surface area contributed by atoms with Crippen LogP contribution in [-0.4, -0.2) is 19.8 Å². The first-order chi connectivity index (χ1) is 3.31. The van der Waals surface area contributed by atoms with E-state index in [9.17, 15) is 5.11 Å². The van der Waals surface area contributed by atoms with Gasteiger partial charge in [0.05, 0.1) is 6.61 Å². The molecule has 0 fully saturated rings. The molecule has 7 heavy (non-hydrogen) atoms. The van der Waals surface area contributed by atoms with Crippen LogP contribution in [0.1, 0.15) is 0 Å². The van der Waals surface area contributed by atoms with E-state index in [1.165, 1.54) is 13.2 Å². The summed E-state index contributed by atoms with van der Waals surface area (Å²) < 4.78 is 4.51. The van der Waals surface area contributed by atoms with Crippen molar-refractivity contribution in [1.82, 2.24) is 0 Å². The zero-order chi connectivity index (χ0) is 5.70. The minimum atomic E-state index is -0.759. The summed E-state index contributed by atoms with van der Waals surface area (Å²) in [7, 11) is 1.49. The summed E-state index contributed by atoms with van der Waals surface area (Å²) in [6, 6.07) is 0. The third-order valence-corrected chi connectivity index (χ3v) is 0.594. The SMILES string of the molecule is C=CC([O])COC. The van der Waals surface area contributed by atoms with Gasteiger partial charge in [-0.05, 0) is 0 Å². The monoisotopic (exact) mass is 101 g/mol. The lowest BCUT2D eigenvalue weighted by molar-refractivity contribution is 0.0463. The maximum absolute atomic E-state index is 10.3. The third kappa shape index (κ3) is 3.49. The first kappa shape index (κ1) is 6.66. The van der Waals surface area contributed by atoms with Gasteiger partial charge in [-0.25, -0.2) is 5.11 Å². The van der Waals surface area contributed by atoms with Crippen LogP contribution in [0, 0.1) is 0 Å². The van der Waals surface area contributed by atoms with Crippen molar-refractivity contribution in [2.24, 2.45) is 0 Å². The molecule has 0 bridgehead atoms. The zero-order valence-corrected chi connectivity index (χ0v) is 4.39. The Hall–Kier alpha value is -0.340. The first-order valence-electron chi connectivity index (χ1n) is 2.08. The highest BCUT2D eigenvalue weighted by Gasteiger charge is 1.94. The minimum absolute atomic E-state index is 0.226. The lowest BCUT2D eigenvalue weighted by atomic mass is 10.4. The van der Waals surface area contributed by atoms with Gasteiger partial charge in [0.25, 0.3) is 0 Å². The van der Waals surface area contributed by atoms with Gasteiger partial charge in [-0.3, -0.25) is 0 Å². The summed E-state index contributed by atoms with van der Waals surface area (Å²) >= 11 is 0. The van der Waals surface area contributed by atoms with Crippen molar-refractivity contribution in [3.8, 4) is 0 Å². The van der Waals surface area contributed by atoms with Crippen LogP contribution in [0.2, 0.25) is 0 Å². The van der Waals surface area contributed by atoms with E-state index in [1.54, 1.807) is 0 Å². The van der Waals surface area contributed by atoms with Crippen LogP contribution >= 0.6 is 0 Å². The highest BCUT2D eigenvalue weighted by atomic mass is 16.5. The van der Waals surface area contributed by atoms with Gasteiger partial charge in [0.2, 0.25) is 0 Å². The van der Waals surface area contributed by atoms with E-state index in [2.05, 4.69) is 11.3 Å². The molecule has 2 heteroatoms. The molecule has 0 spiro atoms. The molecule has 0 amide bonds. The maximum Gasteiger partial charge on any atom is 0.134 e. The highest BCUT2D eigenvalue weighted by molar-refractivity contribution is 4.76. The molecule has 0 aliphatic heterocycles. The molecule has 0 saturated heterocycles. The zero-order valence-electron chi connectivity index (χ0n) is 4.39. The van der Waals surface area contributed by atoms with Crippen LogP contribution in [0.25, 0.3) is 0 Å². The van der Waals surface area contributed by atoms with Crippen molar-refractivity contribution < 1.29 is 9.84 Å². The maximum atomic E-state index is 10.3. The molecule has 1 atom stereocenters. The fourth-order valence-electron chi connectivity index (χ4n) is 0.232. The predicted molar refractivity (Wildman–Crippen MR) is 26.5 cm³/mol. The Bertz CT molecular complexity index is 52.0. The Kier molecular flexibility index (Phi) is 3.65. The summed E-state index contributed by atoms with van der Waals surface area (Å²) in [6.07, 6.45) is 0.564. The largest absolute Gasteiger partial charge is 0.382 e. The Morgan fingerprint density at radius 1 is 2.00 bits per heavy atom. The standard InChI is InChI=1S/C5H9O2/c1-3-5(6)4-7-2/h3,5H,1,4H2,2H3. The first-order valence-corrected chi connectivity index (χ1v) is 2.08. The molecule has 0 aliphatic rings. The van der Waals surface area contributed by atoms with Crippen molar-refractivity contribution in [3.05, 3.63) is 12.7 Å². The molecule has 1 radical (unpaired) electrons. The Morgan fingerprint density at radius 2 is 2.57 bits per heavy atom. The van der Waals surface area contributed by atoms with E-state index in [0.717, 1.165) is 0 Å². The average Bonchev–Trinajstić information content (AvgIpc) is 1.68. The molecule has 0 aromatic heterocycles. The van der Waals surface area contributed by atoms with Gasteiger partial charge in [-0.15, -0.1) is 6.58 Å². The molecule has 1 unspecified atom stereocenters. The molecular weight excluding hydrogens is 92.1 g/mol. The highest BCUT2D eigenvalue weighted by Crippen LogP contribution is 1.82. The Labute approximate surface area is 43.4 Å². The second-order valence-corrected chi connectivity index (χ2v) is 1.23. The molecule has 0 aromatic carbocycles. The van der Waals surface area contributed by atoms with Crippen LogP contribution in [-0.2, 0) is 9.84 Å². The fraction of sp³-hybridized carbons (Fsp3) is 0.600. The van der Waals surface area contributed by atoms with E-state index in [4.69, 9.17) is 0 Å². The summed E-state index contributed by atoms with van der Waals surface area (Å²) in [6.45, 7) is 3.51. The second-order valence-electron chi connectivity index (χ2n) is 1.23. The Balaban J connectivity index is 2.98. The van der Waals surface area contributed by atoms with Gasteiger partial charge in [-0.1, -0.05) is 6.08 Å². The predicted octanol–water partition coefficient (Wildman–Crippen LogP) is 0.618. The normalized spacial score (nSPS) is 13.4. The van der Waals surface area contributed by atoms with Crippen LogP contribution in [0.15, 0.2) is 12.7 Å². The molecular formula is C5H9O2. The molecule has 0 saturated carbocycles. The molecule has 0 aliphatic carbocycles. The van der Waals surface area contributed by atoms with Crippen molar-refractivity contribution >= 4 is 0 Å². The average molecular weight is 101 g/mol. The van der Waals surface area contributed by atoms with E-state index >= 15 is 0 Å². The van der Waals surface area contributed by atoms with Crippen molar-refractivity contribution in [2.75, 3.05) is 13.7 Å².